The molecule has 3 rings (SSSR count). The fourth-order valence-electron chi connectivity index (χ4n) is 2.26. The molecule has 0 aromatic heterocycles. The van der Waals surface area contributed by atoms with Gasteiger partial charge in [-0.2, -0.15) is 0 Å². The number of phenols is 1. The van der Waals surface area contributed by atoms with Gasteiger partial charge in [-0.05, 0) is 25.0 Å². The van der Waals surface area contributed by atoms with Gasteiger partial charge in [0.1, 0.15) is 5.75 Å². The van der Waals surface area contributed by atoms with Crippen molar-refractivity contribution in [3.8, 4) is 5.75 Å². The molecule has 1 saturated carbocycles. The van der Waals surface area contributed by atoms with Gasteiger partial charge in [0.05, 0.1) is 16.3 Å². The monoisotopic (exact) mass is 239 g/mol. The Morgan fingerprint density at radius 3 is 2.75 bits per heavy atom. The molecule has 1 aromatic carbocycles. The van der Waals surface area contributed by atoms with E-state index in [1.54, 1.807) is 12.1 Å². The lowest BCUT2D eigenvalue weighted by Gasteiger charge is -2.10. The Labute approximate surface area is 94.2 Å². The molecule has 1 fully saturated rings. The van der Waals surface area contributed by atoms with Gasteiger partial charge < -0.3 is 10.4 Å². The van der Waals surface area contributed by atoms with E-state index in [4.69, 9.17) is 0 Å². The average molecular weight is 239 g/mol. The zero-order valence-electron chi connectivity index (χ0n) is 8.73. The summed E-state index contributed by atoms with van der Waals surface area (Å²) in [5, 5.41) is 12.7. The highest BCUT2D eigenvalue weighted by Gasteiger charge is 2.48. The van der Waals surface area contributed by atoms with Crippen molar-refractivity contribution < 1.29 is 13.5 Å². The fraction of sp³-hybridized carbons (Fsp3) is 0.455. The van der Waals surface area contributed by atoms with Gasteiger partial charge in [-0.15, -0.1) is 0 Å². The van der Waals surface area contributed by atoms with Crippen LogP contribution in [0.2, 0.25) is 0 Å². The van der Waals surface area contributed by atoms with E-state index in [9.17, 15) is 13.5 Å². The predicted molar refractivity (Wildman–Crippen MR) is 60.3 cm³/mol. The molecule has 0 radical (unpaired) electrons. The van der Waals surface area contributed by atoms with Gasteiger partial charge >= 0.3 is 0 Å². The van der Waals surface area contributed by atoms with Crippen molar-refractivity contribution in [2.45, 2.75) is 17.7 Å². The molecule has 0 saturated heterocycles. The first-order valence-electron chi connectivity index (χ1n) is 5.31. The summed E-state index contributed by atoms with van der Waals surface area (Å²) in [5.74, 6) is 0.211. The molecule has 1 heterocycles. The van der Waals surface area contributed by atoms with Crippen LogP contribution in [-0.4, -0.2) is 25.8 Å². The molecule has 0 atom stereocenters. The Morgan fingerprint density at radius 2 is 2.06 bits per heavy atom. The maximum absolute atomic E-state index is 12.1. The number of anilines is 1. The van der Waals surface area contributed by atoms with E-state index in [2.05, 4.69) is 5.32 Å². The van der Waals surface area contributed by atoms with Crippen molar-refractivity contribution in [3.05, 3.63) is 18.2 Å². The standard InChI is InChI=1S/C11H13NO3S/c13-8-2-1-3-9-10(8)12-6-11(4-5-11)7-16(9,14)15/h1-3,12-13H,4-7H2. The first-order valence-corrected chi connectivity index (χ1v) is 6.96. The number of phenolic OH excluding ortho intramolecular Hbond substituents is 1. The first kappa shape index (κ1) is 9.96. The molecule has 1 aliphatic heterocycles. The molecule has 5 heteroatoms. The van der Waals surface area contributed by atoms with Crippen molar-refractivity contribution in [1.82, 2.24) is 0 Å². The molecular weight excluding hydrogens is 226 g/mol. The molecule has 0 unspecified atom stereocenters. The van der Waals surface area contributed by atoms with Crippen molar-refractivity contribution in [2.24, 2.45) is 5.41 Å². The Bertz CT molecular complexity index is 546. The highest BCUT2D eigenvalue weighted by molar-refractivity contribution is 7.91. The van der Waals surface area contributed by atoms with Crippen molar-refractivity contribution >= 4 is 15.5 Å². The third-order valence-corrected chi connectivity index (χ3v) is 5.44. The zero-order chi connectivity index (χ0) is 11.4. The number of aromatic hydroxyl groups is 1. The van der Waals surface area contributed by atoms with Gasteiger partial charge in [0.15, 0.2) is 9.84 Å². The second-order valence-electron chi connectivity index (χ2n) is 4.76. The average Bonchev–Trinajstić information content (AvgIpc) is 2.96. The molecule has 1 spiro atoms. The zero-order valence-corrected chi connectivity index (χ0v) is 9.55. The first-order chi connectivity index (χ1) is 7.53. The number of rotatable bonds is 0. The number of hydrogen-bond donors (Lipinski definition) is 2. The lowest BCUT2D eigenvalue weighted by atomic mass is 10.1. The molecule has 86 valence electrons. The Morgan fingerprint density at radius 1 is 1.31 bits per heavy atom. The summed E-state index contributed by atoms with van der Waals surface area (Å²) in [6.45, 7) is 0.636. The number of sulfone groups is 1. The minimum atomic E-state index is -3.27. The van der Waals surface area contributed by atoms with Gasteiger partial charge in [-0.25, -0.2) is 8.42 Å². The van der Waals surface area contributed by atoms with Crippen LogP contribution in [0.3, 0.4) is 0 Å². The van der Waals surface area contributed by atoms with Crippen molar-refractivity contribution in [3.63, 3.8) is 0 Å². The van der Waals surface area contributed by atoms with Crippen LogP contribution >= 0.6 is 0 Å². The summed E-state index contributed by atoms with van der Waals surface area (Å²) in [6, 6.07) is 4.63. The summed E-state index contributed by atoms with van der Waals surface area (Å²) in [7, 11) is -3.27. The maximum atomic E-state index is 12.1. The minimum Gasteiger partial charge on any atom is -0.506 e. The SMILES string of the molecule is O=S1(=O)CC2(CC2)CNc2c(O)cccc21. The Balaban J connectivity index is 2.18. The molecule has 16 heavy (non-hydrogen) atoms. The Hall–Kier alpha value is -1.23. The van der Waals surface area contributed by atoms with E-state index in [1.165, 1.54) is 6.07 Å². The molecule has 0 amide bonds. The van der Waals surface area contributed by atoms with E-state index in [-0.39, 0.29) is 21.8 Å². The highest BCUT2D eigenvalue weighted by atomic mass is 32.2. The van der Waals surface area contributed by atoms with Crippen LogP contribution in [0.4, 0.5) is 5.69 Å². The maximum Gasteiger partial charge on any atom is 0.181 e. The summed E-state index contributed by atoms with van der Waals surface area (Å²) >= 11 is 0. The van der Waals surface area contributed by atoms with Gasteiger partial charge in [0.25, 0.3) is 0 Å². The van der Waals surface area contributed by atoms with Gasteiger partial charge in [0.2, 0.25) is 0 Å². The third-order valence-electron chi connectivity index (χ3n) is 3.43. The molecule has 1 aromatic rings. The highest BCUT2D eigenvalue weighted by Crippen LogP contribution is 2.50. The second kappa shape index (κ2) is 2.91. The lowest BCUT2D eigenvalue weighted by molar-refractivity contribution is 0.475. The number of hydrogen-bond acceptors (Lipinski definition) is 4. The van der Waals surface area contributed by atoms with E-state index >= 15 is 0 Å². The van der Waals surface area contributed by atoms with Crippen LogP contribution < -0.4 is 5.32 Å². The molecular formula is C11H13NO3S. The second-order valence-corrected chi connectivity index (χ2v) is 6.72. The summed E-state index contributed by atoms with van der Waals surface area (Å²) in [5.41, 5.74) is 0.274. The van der Waals surface area contributed by atoms with Gasteiger partial charge in [-0.3, -0.25) is 0 Å². The number of nitrogens with one attached hydrogen (secondary N) is 1. The number of para-hydroxylation sites is 1. The van der Waals surface area contributed by atoms with Crippen LogP contribution in [0, 0.1) is 5.41 Å². The smallest absolute Gasteiger partial charge is 0.181 e. The molecule has 4 nitrogen and oxygen atoms in total. The van der Waals surface area contributed by atoms with Crippen molar-refractivity contribution in [2.75, 3.05) is 17.6 Å². The molecule has 2 aliphatic rings. The fourth-order valence-corrected chi connectivity index (χ4v) is 4.39. The topological polar surface area (TPSA) is 66.4 Å². The van der Waals surface area contributed by atoms with Crippen LogP contribution in [-0.2, 0) is 9.84 Å². The van der Waals surface area contributed by atoms with Gasteiger partial charge in [0, 0.05) is 12.0 Å². The van der Waals surface area contributed by atoms with Crippen LogP contribution in [0.25, 0.3) is 0 Å². The quantitative estimate of drug-likeness (QED) is 0.671. The van der Waals surface area contributed by atoms with Crippen LogP contribution in [0.15, 0.2) is 23.1 Å². The number of benzene rings is 1. The normalized spacial score (nSPS) is 24.2. The molecule has 0 bridgehead atoms. The Kier molecular flexibility index (Phi) is 1.81. The molecule has 2 N–H and O–H groups in total. The summed E-state index contributed by atoms with van der Waals surface area (Å²) < 4.78 is 24.3. The summed E-state index contributed by atoms with van der Waals surface area (Å²) in [6.07, 6.45) is 1.90. The van der Waals surface area contributed by atoms with Gasteiger partial charge in [-0.1, -0.05) is 6.07 Å². The lowest BCUT2D eigenvalue weighted by Crippen LogP contribution is -2.20. The summed E-state index contributed by atoms with van der Waals surface area (Å²) in [4.78, 5) is 0.233. The predicted octanol–water partition coefficient (Wildman–Crippen LogP) is 1.37. The van der Waals surface area contributed by atoms with E-state index in [0.717, 1.165) is 12.8 Å². The van der Waals surface area contributed by atoms with Crippen LogP contribution in [0.5, 0.6) is 5.75 Å². The minimum absolute atomic E-state index is 0.0128. The van der Waals surface area contributed by atoms with E-state index in [1.807, 2.05) is 0 Å². The van der Waals surface area contributed by atoms with Crippen LogP contribution in [0.1, 0.15) is 12.8 Å². The van der Waals surface area contributed by atoms with E-state index in [0.29, 0.717) is 12.2 Å². The number of fused-ring (bicyclic) bond motifs is 1. The third kappa shape index (κ3) is 1.38. The van der Waals surface area contributed by atoms with E-state index < -0.39 is 9.84 Å². The van der Waals surface area contributed by atoms with Crippen molar-refractivity contribution in [1.29, 1.82) is 0 Å². The largest absolute Gasteiger partial charge is 0.506 e. The molecule has 1 aliphatic carbocycles.